The Bertz CT molecular complexity index is 459. The van der Waals surface area contributed by atoms with Crippen molar-refractivity contribution in [2.24, 2.45) is 0 Å². The highest BCUT2D eigenvalue weighted by molar-refractivity contribution is 9.10. The lowest BCUT2D eigenvalue weighted by atomic mass is 10.2. The summed E-state index contributed by atoms with van der Waals surface area (Å²) in [4.78, 5) is 25.1. The predicted molar refractivity (Wildman–Crippen MR) is 76.9 cm³/mol. The zero-order valence-corrected chi connectivity index (χ0v) is 12.3. The van der Waals surface area contributed by atoms with Crippen molar-refractivity contribution >= 4 is 27.7 Å². The van der Waals surface area contributed by atoms with Crippen molar-refractivity contribution in [3.8, 4) is 0 Å². The third kappa shape index (κ3) is 4.06. The largest absolute Gasteiger partial charge is 0.352 e. The van der Waals surface area contributed by atoms with E-state index in [9.17, 15) is 9.59 Å². The molecule has 19 heavy (non-hydrogen) atoms. The highest BCUT2D eigenvalue weighted by Crippen LogP contribution is 2.11. The van der Waals surface area contributed by atoms with Gasteiger partial charge in [0, 0.05) is 36.1 Å². The van der Waals surface area contributed by atoms with E-state index < -0.39 is 0 Å². The molecule has 5 heteroatoms. The molecule has 0 bridgehead atoms. The van der Waals surface area contributed by atoms with Gasteiger partial charge < -0.3 is 10.2 Å². The Morgan fingerprint density at radius 1 is 1.32 bits per heavy atom. The molecule has 2 rings (SSSR count). The van der Waals surface area contributed by atoms with Crippen LogP contribution in [-0.4, -0.2) is 36.3 Å². The number of hydrogen-bond acceptors (Lipinski definition) is 2. The highest BCUT2D eigenvalue weighted by Gasteiger charge is 2.18. The molecule has 0 radical (unpaired) electrons. The smallest absolute Gasteiger partial charge is 0.251 e. The van der Waals surface area contributed by atoms with E-state index in [1.165, 1.54) is 0 Å². The number of likely N-dealkylation sites (tertiary alicyclic amines) is 1. The number of benzene rings is 1. The fourth-order valence-corrected chi connectivity index (χ4v) is 2.38. The van der Waals surface area contributed by atoms with Gasteiger partial charge in [0.05, 0.1) is 0 Å². The van der Waals surface area contributed by atoms with Gasteiger partial charge >= 0.3 is 0 Å². The Hall–Kier alpha value is -1.36. The SMILES string of the molecule is O=C(NCCCN1CCCC1=O)c1ccc(Br)cc1. The van der Waals surface area contributed by atoms with Crippen LogP contribution in [0.5, 0.6) is 0 Å². The van der Waals surface area contributed by atoms with E-state index in [0.29, 0.717) is 18.5 Å². The van der Waals surface area contributed by atoms with Crippen LogP contribution in [0.15, 0.2) is 28.7 Å². The summed E-state index contributed by atoms with van der Waals surface area (Å²) in [5.74, 6) is 0.166. The van der Waals surface area contributed by atoms with Crippen molar-refractivity contribution in [2.75, 3.05) is 19.6 Å². The zero-order chi connectivity index (χ0) is 13.7. The van der Waals surface area contributed by atoms with Crippen molar-refractivity contribution in [2.45, 2.75) is 19.3 Å². The van der Waals surface area contributed by atoms with Crippen LogP contribution in [-0.2, 0) is 4.79 Å². The van der Waals surface area contributed by atoms with Gasteiger partial charge in [-0.1, -0.05) is 15.9 Å². The lowest BCUT2D eigenvalue weighted by Gasteiger charge is -2.15. The number of amides is 2. The van der Waals surface area contributed by atoms with Gasteiger partial charge in [-0.25, -0.2) is 0 Å². The third-order valence-electron chi connectivity index (χ3n) is 3.17. The molecule has 1 aromatic carbocycles. The normalized spacial score (nSPS) is 14.8. The maximum absolute atomic E-state index is 11.8. The average Bonchev–Trinajstić information content (AvgIpc) is 2.81. The Kier molecular flexibility index (Phi) is 4.96. The molecule has 1 heterocycles. The summed E-state index contributed by atoms with van der Waals surface area (Å²) in [6, 6.07) is 7.25. The first-order chi connectivity index (χ1) is 9.16. The van der Waals surface area contributed by atoms with E-state index in [1.54, 1.807) is 12.1 Å². The molecule has 0 atom stereocenters. The Morgan fingerprint density at radius 3 is 2.68 bits per heavy atom. The number of nitrogens with one attached hydrogen (secondary N) is 1. The molecule has 1 fully saturated rings. The number of hydrogen-bond donors (Lipinski definition) is 1. The van der Waals surface area contributed by atoms with Crippen molar-refractivity contribution in [3.63, 3.8) is 0 Å². The van der Waals surface area contributed by atoms with Crippen LogP contribution in [0, 0.1) is 0 Å². The van der Waals surface area contributed by atoms with Crippen LogP contribution in [0.2, 0.25) is 0 Å². The first kappa shape index (κ1) is 14.1. The lowest BCUT2D eigenvalue weighted by molar-refractivity contribution is -0.127. The number of rotatable bonds is 5. The van der Waals surface area contributed by atoms with Crippen LogP contribution >= 0.6 is 15.9 Å². The van der Waals surface area contributed by atoms with E-state index in [2.05, 4.69) is 21.2 Å². The van der Waals surface area contributed by atoms with Gasteiger partial charge in [-0.2, -0.15) is 0 Å². The van der Waals surface area contributed by atoms with E-state index in [0.717, 1.165) is 30.4 Å². The maximum Gasteiger partial charge on any atom is 0.251 e. The number of halogens is 1. The summed E-state index contributed by atoms with van der Waals surface area (Å²) in [7, 11) is 0. The van der Waals surface area contributed by atoms with Crippen LogP contribution in [0.25, 0.3) is 0 Å². The number of carbonyl (C=O) groups excluding carboxylic acids is 2. The van der Waals surface area contributed by atoms with Crippen LogP contribution < -0.4 is 5.32 Å². The van der Waals surface area contributed by atoms with Gasteiger partial charge in [-0.15, -0.1) is 0 Å². The van der Waals surface area contributed by atoms with Gasteiger partial charge in [0.2, 0.25) is 5.91 Å². The second-order valence-electron chi connectivity index (χ2n) is 4.60. The van der Waals surface area contributed by atoms with Crippen molar-refractivity contribution in [3.05, 3.63) is 34.3 Å². The lowest BCUT2D eigenvalue weighted by Crippen LogP contribution is -2.30. The Morgan fingerprint density at radius 2 is 2.05 bits per heavy atom. The highest BCUT2D eigenvalue weighted by atomic mass is 79.9. The molecule has 0 aliphatic carbocycles. The minimum Gasteiger partial charge on any atom is -0.352 e. The van der Waals surface area contributed by atoms with Gasteiger partial charge in [0.25, 0.3) is 5.91 Å². The second kappa shape index (κ2) is 6.70. The van der Waals surface area contributed by atoms with Gasteiger partial charge in [0.15, 0.2) is 0 Å². The summed E-state index contributed by atoms with van der Waals surface area (Å²) in [5, 5.41) is 2.86. The molecule has 2 amide bonds. The standard InChI is InChI=1S/C14H17BrN2O2/c15-12-6-4-11(5-7-12)14(19)16-8-2-10-17-9-1-3-13(17)18/h4-7H,1-3,8-10H2,(H,16,19). The number of nitrogens with zero attached hydrogens (tertiary/aromatic N) is 1. The number of carbonyl (C=O) groups is 2. The molecular weight excluding hydrogens is 308 g/mol. The molecule has 1 aliphatic heterocycles. The maximum atomic E-state index is 11.8. The van der Waals surface area contributed by atoms with Crippen LogP contribution in [0.3, 0.4) is 0 Å². The topological polar surface area (TPSA) is 49.4 Å². The molecule has 0 aromatic heterocycles. The Labute approximate surface area is 121 Å². The molecule has 0 spiro atoms. The van der Waals surface area contributed by atoms with Gasteiger partial charge in [-0.05, 0) is 37.1 Å². The average molecular weight is 325 g/mol. The summed E-state index contributed by atoms with van der Waals surface area (Å²) in [6.45, 7) is 2.19. The van der Waals surface area contributed by atoms with Crippen molar-refractivity contribution < 1.29 is 9.59 Å². The third-order valence-corrected chi connectivity index (χ3v) is 3.70. The first-order valence-corrected chi connectivity index (χ1v) is 7.27. The minimum atomic E-state index is -0.0692. The molecule has 4 nitrogen and oxygen atoms in total. The van der Waals surface area contributed by atoms with Crippen molar-refractivity contribution in [1.82, 2.24) is 10.2 Å². The molecule has 1 aliphatic rings. The molecule has 1 aromatic rings. The quantitative estimate of drug-likeness (QED) is 0.844. The molecule has 0 saturated carbocycles. The zero-order valence-electron chi connectivity index (χ0n) is 10.7. The second-order valence-corrected chi connectivity index (χ2v) is 5.52. The van der Waals surface area contributed by atoms with Crippen LogP contribution in [0.1, 0.15) is 29.6 Å². The molecule has 1 saturated heterocycles. The van der Waals surface area contributed by atoms with E-state index in [4.69, 9.17) is 0 Å². The fraction of sp³-hybridized carbons (Fsp3) is 0.429. The van der Waals surface area contributed by atoms with Crippen molar-refractivity contribution in [1.29, 1.82) is 0 Å². The first-order valence-electron chi connectivity index (χ1n) is 6.48. The van der Waals surface area contributed by atoms with Gasteiger partial charge in [0.1, 0.15) is 0 Å². The van der Waals surface area contributed by atoms with E-state index in [-0.39, 0.29) is 11.8 Å². The minimum absolute atomic E-state index is 0.0692. The monoisotopic (exact) mass is 324 g/mol. The Balaban J connectivity index is 1.69. The summed E-state index contributed by atoms with van der Waals surface area (Å²) < 4.78 is 0.955. The van der Waals surface area contributed by atoms with Crippen LogP contribution in [0.4, 0.5) is 0 Å². The van der Waals surface area contributed by atoms with Gasteiger partial charge in [-0.3, -0.25) is 9.59 Å². The fourth-order valence-electron chi connectivity index (χ4n) is 2.12. The summed E-state index contributed by atoms with van der Waals surface area (Å²) in [6.07, 6.45) is 2.43. The molecular formula is C14H17BrN2O2. The molecule has 102 valence electrons. The summed E-state index contributed by atoms with van der Waals surface area (Å²) >= 11 is 3.33. The van der Waals surface area contributed by atoms with E-state index in [1.807, 2.05) is 17.0 Å². The molecule has 1 N–H and O–H groups in total. The van der Waals surface area contributed by atoms with E-state index >= 15 is 0 Å². The molecule has 0 unspecified atom stereocenters. The predicted octanol–water partition coefficient (Wildman–Crippen LogP) is 2.19. The summed E-state index contributed by atoms with van der Waals surface area (Å²) in [5.41, 5.74) is 0.653.